The first kappa shape index (κ1) is 34.3. The Hall–Kier alpha value is -4.17. The highest BCUT2D eigenvalue weighted by atomic mass is 32.2. The first-order valence-corrected chi connectivity index (χ1v) is 15.4. The van der Waals surface area contributed by atoms with Crippen LogP contribution >= 0.6 is 0 Å². The number of aryl methyl sites for hydroxylation is 1. The van der Waals surface area contributed by atoms with E-state index in [-0.39, 0.29) is 24.5 Å². The van der Waals surface area contributed by atoms with Crippen molar-refractivity contribution in [2.24, 2.45) is 0 Å². The van der Waals surface area contributed by atoms with Crippen LogP contribution < -0.4 is 20.1 Å². The number of piperazine rings is 1. The molecule has 0 unspecified atom stereocenters. The third kappa shape index (κ3) is 8.47. The molecule has 14 heteroatoms. The van der Waals surface area contributed by atoms with Crippen LogP contribution in [-0.4, -0.2) is 73.6 Å². The van der Waals surface area contributed by atoms with Crippen molar-refractivity contribution in [1.29, 1.82) is 0 Å². The van der Waals surface area contributed by atoms with Gasteiger partial charge in [-0.25, -0.2) is 17.9 Å². The summed E-state index contributed by atoms with van der Waals surface area (Å²) in [6, 6.07) is 6.00. The summed E-state index contributed by atoms with van der Waals surface area (Å²) in [5, 5.41) is 14.3. The number of carbonyl (C=O) groups excluding carboxylic acids is 3. The van der Waals surface area contributed by atoms with Gasteiger partial charge in [-0.1, -0.05) is 24.3 Å². The molecule has 4 N–H and O–H groups in total. The van der Waals surface area contributed by atoms with Gasteiger partial charge in [0.15, 0.2) is 0 Å². The molecule has 0 aromatic heterocycles. The molecule has 2 aromatic rings. The van der Waals surface area contributed by atoms with E-state index in [2.05, 4.69) is 15.4 Å². The highest BCUT2D eigenvalue weighted by molar-refractivity contribution is 7.89. The van der Waals surface area contributed by atoms with Crippen LogP contribution in [0.25, 0.3) is 0 Å². The Labute approximate surface area is 257 Å². The lowest BCUT2D eigenvalue weighted by molar-refractivity contribution is -0.153. The Morgan fingerprint density at radius 2 is 1.66 bits per heavy atom. The summed E-state index contributed by atoms with van der Waals surface area (Å²) in [6.07, 6.45) is -1.37. The highest BCUT2D eigenvalue weighted by Crippen LogP contribution is 2.30. The van der Waals surface area contributed by atoms with Gasteiger partial charge < -0.3 is 30.1 Å². The molecule has 3 amide bonds. The van der Waals surface area contributed by atoms with Crippen LogP contribution in [-0.2, 0) is 42.2 Å². The zero-order valence-electron chi connectivity index (χ0n) is 25.9. The summed E-state index contributed by atoms with van der Waals surface area (Å²) in [4.78, 5) is 51.1. The van der Waals surface area contributed by atoms with E-state index in [1.807, 2.05) is 0 Å². The number of nitrogens with one attached hydrogen (secondary N) is 3. The number of carboxylic acid groups (broad SMARTS) is 1. The fourth-order valence-electron chi connectivity index (χ4n) is 4.88. The van der Waals surface area contributed by atoms with E-state index < -0.39 is 58.0 Å². The Balaban J connectivity index is 1.73. The molecule has 1 fully saturated rings. The van der Waals surface area contributed by atoms with Crippen molar-refractivity contribution in [3.05, 3.63) is 58.1 Å². The van der Waals surface area contributed by atoms with Crippen molar-refractivity contribution < 1.29 is 42.2 Å². The molecule has 44 heavy (non-hydrogen) atoms. The molecule has 0 bridgehead atoms. The molecule has 2 aromatic carbocycles. The molecule has 2 atom stereocenters. The fourth-order valence-corrected chi connectivity index (χ4v) is 6.42. The van der Waals surface area contributed by atoms with Gasteiger partial charge in [-0.15, -0.1) is 0 Å². The van der Waals surface area contributed by atoms with Gasteiger partial charge in [-0.3, -0.25) is 14.4 Å². The van der Waals surface area contributed by atoms with Gasteiger partial charge in [-0.2, -0.15) is 0 Å². The molecule has 3 rings (SSSR count). The van der Waals surface area contributed by atoms with Crippen LogP contribution in [0.4, 0.5) is 4.79 Å². The highest BCUT2D eigenvalue weighted by Gasteiger charge is 2.41. The van der Waals surface area contributed by atoms with Crippen molar-refractivity contribution in [3.63, 3.8) is 0 Å². The molecule has 0 spiro atoms. The molecule has 240 valence electrons. The Morgan fingerprint density at radius 3 is 2.23 bits per heavy atom. The van der Waals surface area contributed by atoms with Gasteiger partial charge >= 0.3 is 12.1 Å². The number of hydrogen-bond donors (Lipinski definition) is 4. The smallest absolute Gasteiger partial charge is 0.407 e. The quantitative estimate of drug-likeness (QED) is 0.289. The Bertz CT molecular complexity index is 1530. The first-order valence-electron chi connectivity index (χ1n) is 13.9. The molecule has 1 saturated heterocycles. The number of carboxylic acids is 1. The summed E-state index contributed by atoms with van der Waals surface area (Å²) >= 11 is 0. The number of hydrogen-bond acceptors (Lipinski definition) is 8. The van der Waals surface area contributed by atoms with Crippen molar-refractivity contribution in [2.45, 2.75) is 83.6 Å². The van der Waals surface area contributed by atoms with Crippen LogP contribution in [0.2, 0.25) is 0 Å². The normalized spacial score (nSPS) is 17.2. The Morgan fingerprint density at radius 1 is 1.05 bits per heavy atom. The topological polar surface area (TPSA) is 180 Å². The summed E-state index contributed by atoms with van der Waals surface area (Å²) in [5.74, 6) is -1.87. The van der Waals surface area contributed by atoms with Gasteiger partial charge in [0.25, 0.3) is 0 Å². The number of alkyl carbamates (subject to hydrolysis) is 1. The molecule has 0 radical (unpaired) electrons. The van der Waals surface area contributed by atoms with Crippen LogP contribution in [0, 0.1) is 20.8 Å². The summed E-state index contributed by atoms with van der Waals surface area (Å²) in [6.45, 7) is 9.94. The molecular formula is C30H40N4O9S. The lowest BCUT2D eigenvalue weighted by Crippen LogP contribution is -2.65. The zero-order chi connectivity index (χ0) is 33.0. The van der Waals surface area contributed by atoms with E-state index in [9.17, 15) is 32.7 Å². The Kier molecular flexibility index (Phi) is 10.6. The lowest BCUT2D eigenvalue weighted by Gasteiger charge is -2.38. The van der Waals surface area contributed by atoms with E-state index >= 15 is 0 Å². The number of ether oxygens (including phenoxy) is 2. The van der Waals surface area contributed by atoms with E-state index in [0.29, 0.717) is 28.0 Å². The lowest BCUT2D eigenvalue weighted by atomic mass is 10.0. The van der Waals surface area contributed by atoms with E-state index in [1.54, 1.807) is 71.9 Å². The number of amides is 3. The van der Waals surface area contributed by atoms with Crippen LogP contribution in [0.3, 0.4) is 0 Å². The van der Waals surface area contributed by atoms with Crippen LogP contribution in [0.15, 0.2) is 35.2 Å². The van der Waals surface area contributed by atoms with Gasteiger partial charge in [0.1, 0.15) is 23.4 Å². The second-order valence-corrected chi connectivity index (χ2v) is 13.3. The summed E-state index contributed by atoms with van der Waals surface area (Å²) in [5.41, 5.74) is 2.34. The van der Waals surface area contributed by atoms with E-state index in [1.165, 1.54) is 12.0 Å². The number of carbonyl (C=O) groups is 4. The van der Waals surface area contributed by atoms with Gasteiger partial charge in [-0.05, 0) is 75.4 Å². The van der Waals surface area contributed by atoms with Gasteiger partial charge in [0.2, 0.25) is 21.8 Å². The monoisotopic (exact) mass is 632 g/mol. The van der Waals surface area contributed by atoms with Gasteiger partial charge in [0.05, 0.1) is 25.0 Å². The van der Waals surface area contributed by atoms with Crippen molar-refractivity contribution in [2.75, 3.05) is 13.7 Å². The number of sulfonamides is 1. The summed E-state index contributed by atoms with van der Waals surface area (Å²) < 4.78 is 39.5. The minimum absolute atomic E-state index is 0.00231. The number of nitrogens with zero attached hydrogens (tertiary/aromatic N) is 1. The third-order valence-electron chi connectivity index (χ3n) is 7.10. The predicted octanol–water partition coefficient (Wildman–Crippen LogP) is 2.29. The SMILES string of the molecule is COc1cc(C)c(S(=O)(=O)NCc2ccc(CN3C(=O)[C@H](CNC(=O)OC(C)(C)C)NC(=O)[C@H]3CC(=O)O)cc2)c(C)c1C. The average Bonchev–Trinajstić information content (AvgIpc) is 2.92. The molecule has 13 nitrogen and oxygen atoms in total. The molecular weight excluding hydrogens is 592 g/mol. The average molecular weight is 633 g/mol. The zero-order valence-corrected chi connectivity index (χ0v) is 26.8. The fraction of sp³-hybridized carbons (Fsp3) is 0.467. The minimum atomic E-state index is -3.86. The molecule has 0 saturated carbocycles. The number of rotatable bonds is 11. The van der Waals surface area contributed by atoms with E-state index in [0.717, 1.165) is 5.56 Å². The standard InChI is InChI=1S/C30H40N4O9S/c1-17-12-24(42-7)18(2)19(3)26(17)44(40,41)32-14-20-8-10-21(11-9-20)16-34-23(13-25(35)36)27(37)33-22(28(34)38)15-31-29(39)43-30(4,5)6/h8-12,22-23,32H,13-16H2,1-7H3,(H,31,39)(H,33,37)(H,35,36)/t22-,23+/m0/s1. The maximum Gasteiger partial charge on any atom is 0.407 e. The predicted molar refractivity (Wildman–Crippen MR) is 160 cm³/mol. The maximum atomic E-state index is 13.3. The number of benzene rings is 2. The minimum Gasteiger partial charge on any atom is -0.496 e. The van der Waals surface area contributed by atoms with Gasteiger partial charge in [0, 0.05) is 13.1 Å². The second kappa shape index (κ2) is 13.6. The first-order chi connectivity index (χ1) is 20.4. The molecule has 1 aliphatic heterocycles. The maximum absolute atomic E-state index is 13.3. The molecule has 1 heterocycles. The van der Waals surface area contributed by atoms with Crippen molar-refractivity contribution in [3.8, 4) is 5.75 Å². The number of methoxy groups -OCH3 is 1. The van der Waals surface area contributed by atoms with E-state index in [4.69, 9.17) is 9.47 Å². The number of aliphatic carboxylic acids is 1. The van der Waals surface area contributed by atoms with Crippen LogP contribution in [0.5, 0.6) is 5.75 Å². The van der Waals surface area contributed by atoms with Crippen molar-refractivity contribution in [1.82, 2.24) is 20.3 Å². The molecule has 1 aliphatic rings. The molecule has 0 aliphatic carbocycles. The summed E-state index contributed by atoms with van der Waals surface area (Å²) in [7, 11) is -2.33. The second-order valence-electron chi connectivity index (χ2n) is 11.6. The van der Waals surface area contributed by atoms with Crippen molar-refractivity contribution >= 4 is 33.9 Å². The third-order valence-corrected chi connectivity index (χ3v) is 8.79. The van der Waals surface area contributed by atoms with Crippen LogP contribution in [0.1, 0.15) is 55.0 Å². The largest absolute Gasteiger partial charge is 0.496 e.